The van der Waals surface area contributed by atoms with Crippen LogP contribution in [0.15, 0.2) is 0 Å². The molecule has 0 atom stereocenters. The molecular weight excluding hydrogens is 156 g/mol. The van der Waals surface area contributed by atoms with Gasteiger partial charge in [0.15, 0.2) is 0 Å². The summed E-state index contributed by atoms with van der Waals surface area (Å²) in [6.45, 7) is 1.78. The third-order valence-electron chi connectivity index (χ3n) is 1.19. The first-order chi connectivity index (χ1) is 4.33. The summed E-state index contributed by atoms with van der Waals surface area (Å²) < 4.78 is 0. The number of hydrogen-bond donors (Lipinski definition) is 3. The second-order valence-electron chi connectivity index (χ2n) is 1.88. The van der Waals surface area contributed by atoms with E-state index in [0.29, 0.717) is 6.04 Å². The topological polar surface area (TPSA) is 41.1 Å². The van der Waals surface area contributed by atoms with E-state index in [1.165, 1.54) is 0 Å². The first-order valence-electron chi connectivity index (χ1n) is 2.65. The highest BCUT2D eigenvalue weighted by molar-refractivity contribution is 8.74. The molecule has 1 aliphatic heterocycles. The number of carbonyl (C=O) groups is 1. The Hall–Kier alpha value is 0.130. The molecule has 2 N–H and O–H groups in total. The molecular formula is C4H8N2OS2. The average Bonchev–Trinajstić information content (AvgIpc) is 1.78. The van der Waals surface area contributed by atoms with Gasteiger partial charge < -0.3 is 10.6 Å². The Balaban J connectivity index is 2.09. The number of carbonyl (C=O) groups excluding carboxylic acids is 1. The lowest BCUT2D eigenvalue weighted by Gasteiger charge is -2.27. The summed E-state index contributed by atoms with van der Waals surface area (Å²) in [5, 5.41) is 5.73. The molecule has 9 heavy (non-hydrogen) atoms. The minimum atomic E-state index is -0.0650. The van der Waals surface area contributed by atoms with Crippen LogP contribution < -0.4 is 10.6 Å². The SMILES string of the molecule is O=C(NC1CNC1)SS. The standard InChI is InChI=1S/C4H8N2OS2/c7-4(9-8)6-3-1-5-2-3/h3,5,8H,1-2H2,(H,6,7). The van der Waals surface area contributed by atoms with Gasteiger partial charge in [0.25, 0.3) is 5.24 Å². The maximum Gasteiger partial charge on any atom is 0.289 e. The molecule has 0 spiro atoms. The van der Waals surface area contributed by atoms with Crippen LogP contribution in [0.3, 0.4) is 0 Å². The number of amides is 1. The van der Waals surface area contributed by atoms with Crippen LogP contribution in [-0.2, 0) is 0 Å². The molecule has 0 aromatic heterocycles. The molecule has 3 nitrogen and oxygen atoms in total. The number of rotatable bonds is 1. The fraction of sp³-hybridized carbons (Fsp3) is 0.750. The molecule has 0 aromatic carbocycles. The minimum Gasteiger partial charge on any atom is -0.341 e. The van der Waals surface area contributed by atoms with Gasteiger partial charge >= 0.3 is 0 Å². The smallest absolute Gasteiger partial charge is 0.289 e. The van der Waals surface area contributed by atoms with E-state index < -0.39 is 0 Å². The minimum absolute atomic E-state index is 0.0650. The van der Waals surface area contributed by atoms with Crippen molar-refractivity contribution < 1.29 is 4.79 Å². The van der Waals surface area contributed by atoms with Crippen molar-refractivity contribution in [1.82, 2.24) is 10.6 Å². The van der Waals surface area contributed by atoms with Gasteiger partial charge in [-0.2, -0.15) is 0 Å². The van der Waals surface area contributed by atoms with Gasteiger partial charge in [-0.3, -0.25) is 4.79 Å². The highest BCUT2D eigenvalue weighted by atomic mass is 33.1. The van der Waals surface area contributed by atoms with Crippen LogP contribution in [0.4, 0.5) is 4.79 Å². The van der Waals surface area contributed by atoms with Crippen LogP contribution in [-0.4, -0.2) is 24.4 Å². The fourth-order valence-electron chi connectivity index (χ4n) is 0.584. The molecule has 0 radical (unpaired) electrons. The molecule has 0 bridgehead atoms. The number of nitrogens with one attached hydrogen (secondary N) is 2. The normalized spacial score (nSPS) is 18.8. The maximum absolute atomic E-state index is 10.6. The summed E-state index contributed by atoms with van der Waals surface area (Å²) in [5.74, 6) is 0. The van der Waals surface area contributed by atoms with E-state index in [1.807, 2.05) is 0 Å². The molecule has 0 aliphatic carbocycles. The van der Waals surface area contributed by atoms with Gasteiger partial charge in [-0.25, -0.2) is 0 Å². The van der Waals surface area contributed by atoms with Gasteiger partial charge in [0.05, 0.1) is 6.04 Å². The highest BCUT2D eigenvalue weighted by Crippen LogP contribution is 2.06. The van der Waals surface area contributed by atoms with Gasteiger partial charge in [0.2, 0.25) is 0 Å². The summed E-state index contributed by atoms with van der Waals surface area (Å²) in [4.78, 5) is 10.6. The molecule has 1 fully saturated rings. The van der Waals surface area contributed by atoms with Crippen molar-refractivity contribution in [2.24, 2.45) is 0 Å². The van der Waals surface area contributed by atoms with Gasteiger partial charge in [0.1, 0.15) is 0 Å². The maximum atomic E-state index is 10.6. The van der Waals surface area contributed by atoms with Gasteiger partial charge in [-0.15, -0.1) is 11.7 Å². The second kappa shape index (κ2) is 3.34. The zero-order chi connectivity index (χ0) is 6.69. The molecule has 52 valence electrons. The van der Waals surface area contributed by atoms with E-state index in [-0.39, 0.29) is 5.24 Å². The van der Waals surface area contributed by atoms with Crippen LogP contribution in [0.1, 0.15) is 0 Å². The number of thiol groups is 1. The van der Waals surface area contributed by atoms with Crippen LogP contribution in [0.5, 0.6) is 0 Å². The van der Waals surface area contributed by atoms with Crippen molar-refractivity contribution in [3.05, 3.63) is 0 Å². The summed E-state index contributed by atoms with van der Waals surface area (Å²) in [6.07, 6.45) is 0. The Labute approximate surface area is 62.8 Å². The van der Waals surface area contributed by atoms with E-state index in [9.17, 15) is 4.79 Å². The molecule has 1 saturated heterocycles. The molecule has 1 rings (SSSR count). The molecule has 0 aromatic rings. The summed E-state index contributed by atoms with van der Waals surface area (Å²) in [7, 11) is 0.919. The third-order valence-corrected chi connectivity index (χ3v) is 1.97. The fourth-order valence-corrected chi connectivity index (χ4v) is 0.961. The van der Waals surface area contributed by atoms with Gasteiger partial charge in [-0.05, 0) is 0 Å². The van der Waals surface area contributed by atoms with Crippen LogP contribution in [0, 0.1) is 0 Å². The van der Waals surface area contributed by atoms with Crippen LogP contribution >= 0.6 is 22.5 Å². The molecule has 5 heteroatoms. The van der Waals surface area contributed by atoms with E-state index in [1.54, 1.807) is 0 Å². The summed E-state index contributed by atoms with van der Waals surface area (Å²) in [5.41, 5.74) is 0. The highest BCUT2D eigenvalue weighted by Gasteiger charge is 2.17. The first kappa shape index (κ1) is 7.24. The number of hydrogen-bond acceptors (Lipinski definition) is 4. The van der Waals surface area contributed by atoms with Crippen molar-refractivity contribution in [2.75, 3.05) is 13.1 Å². The predicted octanol–water partition coefficient (Wildman–Crippen LogP) is 0.246. The van der Waals surface area contributed by atoms with Crippen molar-refractivity contribution in [1.29, 1.82) is 0 Å². The van der Waals surface area contributed by atoms with Crippen molar-refractivity contribution in [3.8, 4) is 0 Å². The Bertz CT molecular complexity index is 115. The Morgan fingerprint density at radius 3 is 2.78 bits per heavy atom. The lowest BCUT2D eigenvalue weighted by Crippen LogP contribution is -2.56. The predicted molar refractivity (Wildman–Crippen MR) is 41.8 cm³/mol. The summed E-state index contributed by atoms with van der Waals surface area (Å²) in [6, 6.07) is 0.331. The summed E-state index contributed by atoms with van der Waals surface area (Å²) >= 11 is 3.74. The average molecular weight is 164 g/mol. The molecule has 1 aliphatic rings. The molecule has 1 heterocycles. The molecule has 0 saturated carbocycles. The van der Waals surface area contributed by atoms with E-state index in [2.05, 4.69) is 22.3 Å². The molecule has 0 unspecified atom stereocenters. The quantitative estimate of drug-likeness (QED) is 0.384. The second-order valence-corrected chi connectivity index (χ2v) is 2.98. The largest absolute Gasteiger partial charge is 0.341 e. The Morgan fingerprint density at radius 2 is 2.44 bits per heavy atom. The van der Waals surface area contributed by atoms with Crippen molar-refractivity contribution in [3.63, 3.8) is 0 Å². The zero-order valence-electron chi connectivity index (χ0n) is 4.76. The monoisotopic (exact) mass is 164 g/mol. The van der Waals surface area contributed by atoms with E-state index in [0.717, 1.165) is 23.9 Å². The Kier molecular flexibility index (Phi) is 2.68. The van der Waals surface area contributed by atoms with Crippen molar-refractivity contribution in [2.45, 2.75) is 6.04 Å². The van der Waals surface area contributed by atoms with Crippen molar-refractivity contribution >= 4 is 27.7 Å². The zero-order valence-corrected chi connectivity index (χ0v) is 6.47. The van der Waals surface area contributed by atoms with Gasteiger partial charge in [-0.1, -0.05) is 0 Å². The van der Waals surface area contributed by atoms with Gasteiger partial charge in [0, 0.05) is 23.9 Å². The third kappa shape index (κ3) is 2.08. The van der Waals surface area contributed by atoms with E-state index >= 15 is 0 Å². The van der Waals surface area contributed by atoms with Crippen LogP contribution in [0.2, 0.25) is 0 Å². The van der Waals surface area contributed by atoms with Crippen LogP contribution in [0.25, 0.3) is 0 Å². The first-order valence-corrected chi connectivity index (χ1v) is 4.52. The molecule has 1 amide bonds. The Morgan fingerprint density at radius 1 is 1.78 bits per heavy atom. The lowest BCUT2D eigenvalue weighted by atomic mass is 10.2. The lowest BCUT2D eigenvalue weighted by molar-refractivity contribution is 0.252. The van der Waals surface area contributed by atoms with E-state index in [4.69, 9.17) is 0 Å².